The number of urea groups is 1. The molecule has 0 radical (unpaired) electrons. The van der Waals surface area contributed by atoms with Crippen molar-refractivity contribution < 1.29 is 23.2 Å². The van der Waals surface area contributed by atoms with E-state index in [0.29, 0.717) is 5.56 Å². The van der Waals surface area contributed by atoms with Crippen molar-refractivity contribution in [3.05, 3.63) is 65.7 Å². The highest BCUT2D eigenvalue weighted by Crippen LogP contribution is 2.29. The molecule has 4 amide bonds. The smallest absolute Gasteiger partial charge is 0.319 e. The fraction of sp³-hybridized carbons (Fsp3) is 0.250. The van der Waals surface area contributed by atoms with E-state index in [-0.39, 0.29) is 12.2 Å². The highest BCUT2D eigenvalue weighted by molar-refractivity contribution is 6.10. The summed E-state index contributed by atoms with van der Waals surface area (Å²) in [6.07, 6.45) is 0. The van der Waals surface area contributed by atoms with Gasteiger partial charge in [-0.15, -0.1) is 0 Å². The van der Waals surface area contributed by atoms with Gasteiger partial charge >= 0.3 is 6.03 Å². The topological polar surface area (TPSA) is 69.7 Å². The van der Waals surface area contributed by atoms with Crippen LogP contribution in [0.1, 0.15) is 19.4 Å². The number of carbonyl (C=O) groups excluding carboxylic acids is 3. The summed E-state index contributed by atoms with van der Waals surface area (Å²) in [5, 5.41) is 2.62. The zero-order chi connectivity index (χ0) is 20.5. The van der Waals surface area contributed by atoms with Crippen molar-refractivity contribution in [2.45, 2.75) is 19.4 Å². The standard InChI is InChI=1S/C20H19F2N3O3/c1-3-24(14-9-10-15(21)16(22)11-14)17(26)12-25-18(27)20(2,23-19(25)28)13-7-5-4-6-8-13/h4-11H,3,12H2,1-2H3,(H,23,28). The first-order valence-corrected chi connectivity index (χ1v) is 8.73. The van der Waals surface area contributed by atoms with Crippen molar-refractivity contribution in [1.82, 2.24) is 10.2 Å². The third-order valence-electron chi connectivity index (χ3n) is 4.75. The number of rotatable bonds is 5. The van der Waals surface area contributed by atoms with Gasteiger partial charge in [-0.25, -0.2) is 13.6 Å². The molecule has 0 spiro atoms. The summed E-state index contributed by atoms with van der Waals surface area (Å²) in [4.78, 5) is 40.0. The largest absolute Gasteiger partial charge is 0.325 e. The molecule has 1 N–H and O–H groups in total. The number of carbonyl (C=O) groups is 3. The molecule has 1 fully saturated rings. The van der Waals surface area contributed by atoms with Gasteiger partial charge in [0.2, 0.25) is 5.91 Å². The number of nitrogens with one attached hydrogen (secondary N) is 1. The van der Waals surface area contributed by atoms with Crippen LogP contribution in [0.15, 0.2) is 48.5 Å². The van der Waals surface area contributed by atoms with Gasteiger partial charge in [0.05, 0.1) is 0 Å². The van der Waals surface area contributed by atoms with Gasteiger partial charge in [-0.2, -0.15) is 0 Å². The Morgan fingerprint density at radius 3 is 2.39 bits per heavy atom. The summed E-state index contributed by atoms with van der Waals surface area (Å²) in [7, 11) is 0. The number of likely N-dealkylation sites (N-methyl/N-ethyl adjacent to an activating group) is 1. The predicted octanol–water partition coefficient (Wildman–Crippen LogP) is 2.78. The van der Waals surface area contributed by atoms with Gasteiger partial charge in [-0.3, -0.25) is 14.5 Å². The lowest BCUT2D eigenvalue weighted by atomic mass is 9.92. The second-order valence-corrected chi connectivity index (χ2v) is 6.55. The molecule has 1 aliphatic heterocycles. The molecule has 0 bridgehead atoms. The summed E-state index contributed by atoms with van der Waals surface area (Å²) in [6.45, 7) is 2.86. The molecule has 3 rings (SSSR count). The highest BCUT2D eigenvalue weighted by atomic mass is 19.2. The van der Waals surface area contributed by atoms with E-state index in [1.165, 1.54) is 11.0 Å². The van der Waals surface area contributed by atoms with Gasteiger partial charge < -0.3 is 10.2 Å². The maximum Gasteiger partial charge on any atom is 0.325 e. The van der Waals surface area contributed by atoms with Gasteiger partial charge in [-0.05, 0) is 31.5 Å². The summed E-state index contributed by atoms with van der Waals surface area (Å²) in [5.74, 6) is -3.26. The van der Waals surface area contributed by atoms with Gasteiger partial charge in [0.15, 0.2) is 11.6 Å². The zero-order valence-electron chi connectivity index (χ0n) is 15.4. The fourth-order valence-electron chi connectivity index (χ4n) is 3.18. The molecule has 0 saturated carbocycles. The molecule has 1 aliphatic rings. The maximum absolute atomic E-state index is 13.5. The normalized spacial score (nSPS) is 18.9. The minimum atomic E-state index is -1.28. The summed E-state index contributed by atoms with van der Waals surface area (Å²) >= 11 is 0. The van der Waals surface area contributed by atoms with Gasteiger partial charge in [0.1, 0.15) is 12.1 Å². The quantitative estimate of drug-likeness (QED) is 0.802. The third kappa shape index (κ3) is 3.33. The third-order valence-corrected chi connectivity index (χ3v) is 4.75. The summed E-state index contributed by atoms with van der Waals surface area (Å²) < 4.78 is 26.7. The molecule has 1 unspecified atom stereocenters. The minimum absolute atomic E-state index is 0.143. The van der Waals surface area contributed by atoms with Crippen molar-refractivity contribution in [3.63, 3.8) is 0 Å². The summed E-state index contributed by atoms with van der Waals surface area (Å²) in [6, 6.07) is 11.1. The highest BCUT2D eigenvalue weighted by Gasteiger charge is 2.49. The van der Waals surface area contributed by atoms with Crippen LogP contribution in [-0.4, -0.2) is 35.8 Å². The van der Waals surface area contributed by atoms with Crippen LogP contribution >= 0.6 is 0 Å². The average Bonchev–Trinajstić information content (AvgIpc) is 2.90. The predicted molar refractivity (Wildman–Crippen MR) is 98.4 cm³/mol. The van der Waals surface area contributed by atoms with Crippen LogP contribution in [0.25, 0.3) is 0 Å². The van der Waals surface area contributed by atoms with Crippen molar-refractivity contribution in [3.8, 4) is 0 Å². The number of hydrogen-bond donors (Lipinski definition) is 1. The van der Waals surface area contributed by atoms with Gasteiger partial charge in [0.25, 0.3) is 5.91 Å². The lowest BCUT2D eigenvalue weighted by molar-refractivity contribution is -0.134. The molecular weight excluding hydrogens is 368 g/mol. The monoisotopic (exact) mass is 387 g/mol. The Balaban J connectivity index is 1.82. The first-order valence-electron chi connectivity index (χ1n) is 8.73. The number of nitrogens with zero attached hydrogens (tertiary/aromatic N) is 2. The van der Waals surface area contributed by atoms with E-state index in [0.717, 1.165) is 17.0 Å². The van der Waals surface area contributed by atoms with E-state index in [1.807, 2.05) is 0 Å². The van der Waals surface area contributed by atoms with E-state index < -0.39 is 41.6 Å². The van der Waals surface area contributed by atoms with Crippen LogP contribution in [-0.2, 0) is 15.1 Å². The van der Waals surface area contributed by atoms with Crippen LogP contribution in [0, 0.1) is 11.6 Å². The molecule has 8 heteroatoms. The number of imide groups is 1. The molecular formula is C20H19F2N3O3. The Labute approximate surface area is 160 Å². The molecule has 28 heavy (non-hydrogen) atoms. The Bertz CT molecular complexity index is 936. The van der Waals surface area contributed by atoms with E-state index in [4.69, 9.17) is 0 Å². The second-order valence-electron chi connectivity index (χ2n) is 6.55. The number of hydrogen-bond acceptors (Lipinski definition) is 3. The van der Waals surface area contributed by atoms with Crippen molar-refractivity contribution >= 4 is 23.5 Å². The lowest BCUT2D eigenvalue weighted by Crippen LogP contribution is -2.44. The van der Waals surface area contributed by atoms with Crippen molar-refractivity contribution in [1.29, 1.82) is 0 Å². The zero-order valence-corrected chi connectivity index (χ0v) is 15.4. The number of halogens is 2. The van der Waals surface area contributed by atoms with Crippen molar-refractivity contribution in [2.24, 2.45) is 0 Å². The SMILES string of the molecule is CCN(C(=O)CN1C(=O)NC(C)(c2ccccc2)C1=O)c1ccc(F)c(F)c1. The van der Waals surface area contributed by atoms with E-state index >= 15 is 0 Å². The Morgan fingerprint density at radius 2 is 1.79 bits per heavy atom. The average molecular weight is 387 g/mol. The summed E-state index contributed by atoms with van der Waals surface area (Å²) in [5.41, 5.74) is -0.544. The van der Waals surface area contributed by atoms with Gasteiger partial charge in [0, 0.05) is 18.3 Å². The molecule has 1 atom stereocenters. The number of anilines is 1. The molecule has 2 aromatic rings. The molecule has 2 aromatic carbocycles. The molecule has 1 saturated heterocycles. The number of amides is 4. The second kappa shape index (κ2) is 7.38. The lowest BCUT2D eigenvalue weighted by Gasteiger charge is -2.24. The Hall–Kier alpha value is -3.29. The van der Waals surface area contributed by atoms with Crippen LogP contribution in [0.2, 0.25) is 0 Å². The molecule has 0 aromatic heterocycles. The van der Waals surface area contributed by atoms with E-state index in [9.17, 15) is 23.2 Å². The Kier molecular flexibility index (Phi) is 5.13. The molecule has 146 valence electrons. The minimum Gasteiger partial charge on any atom is -0.319 e. The molecule has 1 heterocycles. The molecule has 6 nitrogen and oxygen atoms in total. The fourth-order valence-corrected chi connectivity index (χ4v) is 3.18. The van der Waals surface area contributed by atoms with Crippen LogP contribution in [0.5, 0.6) is 0 Å². The first kappa shape index (κ1) is 19.5. The number of benzene rings is 2. The maximum atomic E-state index is 13.5. The first-order chi connectivity index (χ1) is 13.3. The van der Waals surface area contributed by atoms with Crippen molar-refractivity contribution in [2.75, 3.05) is 18.0 Å². The van der Waals surface area contributed by atoms with E-state index in [1.54, 1.807) is 44.2 Å². The Morgan fingerprint density at radius 1 is 1.11 bits per heavy atom. The van der Waals surface area contributed by atoms with Crippen LogP contribution in [0.3, 0.4) is 0 Å². The van der Waals surface area contributed by atoms with E-state index in [2.05, 4.69) is 5.32 Å². The van der Waals surface area contributed by atoms with Crippen LogP contribution < -0.4 is 10.2 Å². The van der Waals surface area contributed by atoms with Crippen LogP contribution in [0.4, 0.5) is 19.3 Å². The molecule has 0 aliphatic carbocycles. The van der Waals surface area contributed by atoms with Gasteiger partial charge in [-0.1, -0.05) is 30.3 Å².